The molecule has 0 amide bonds. The maximum atomic E-state index is 4.45. The van der Waals surface area contributed by atoms with Crippen LogP contribution in [0.3, 0.4) is 0 Å². The molecule has 0 radical (unpaired) electrons. The van der Waals surface area contributed by atoms with E-state index in [2.05, 4.69) is 39.8 Å². The third kappa shape index (κ3) is 2.26. The van der Waals surface area contributed by atoms with Crippen LogP contribution in [0.1, 0.15) is 11.3 Å². The monoisotopic (exact) mass is 209 g/mol. The van der Waals surface area contributed by atoms with Gasteiger partial charge in [0.1, 0.15) is 0 Å². The molecule has 0 aromatic carbocycles. The van der Waals surface area contributed by atoms with Crippen LogP contribution in [-0.4, -0.2) is 31.0 Å². The van der Waals surface area contributed by atoms with Gasteiger partial charge in [0.05, 0.1) is 6.54 Å². The molecule has 0 saturated carbocycles. The first-order valence-corrected chi connectivity index (χ1v) is 5.76. The van der Waals surface area contributed by atoms with Gasteiger partial charge in [-0.2, -0.15) is 0 Å². The maximum absolute atomic E-state index is 4.45. The second-order valence-electron chi connectivity index (χ2n) is 3.41. The van der Waals surface area contributed by atoms with Crippen molar-refractivity contribution in [1.82, 2.24) is 10.2 Å². The van der Waals surface area contributed by atoms with Crippen molar-refractivity contribution >= 4 is 17.3 Å². The lowest BCUT2D eigenvalue weighted by Crippen LogP contribution is -2.41. The van der Waals surface area contributed by atoms with Crippen molar-refractivity contribution in [3.8, 4) is 0 Å². The van der Waals surface area contributed by atoms with E-state index < -0.39 is 0 Å². The summed E-state index contributed by atoms with van der Waals surface area (Å²) in [5.41, 5.74) is 0. The van der Waals surface area contributed by atoms with E-state index in [4.69, 9.17) is 0 Å². The van der Waals surface area contributed by atoms with Crippen LogP contribution in [0.4, 0.5) is 0 Å². The van der Waals surface area contributed by atoms with Crippen molar-refractivity contribution in [2.45, 2.75) is 13.0 Å². The minimum absolute atomic E-state index is 0.890. The Morgan fingerprint density at radius 2 is 2.57 bits per heavy atom. The van der Waals surface area contributed by atoms with Crippen molar-refractivity contribution < 1.29 is 0 Å². The van der Waals surface area contributed by atoms with Crippen molar-refractivity contribution in [2.24, 2.45) is 4.99 Å². The van der Waals surface area contributed by atoms with Gasteiger partial charge in [0.25, 0.3) is 0 Å². The fourth-order valence-corrected chi connectivity index (χ4v) is 2.13. The molecule has 0 bridgehead atoms. The molecule has 1 aliphatic rings. The van der Waals surface area contributed by atoms with Gasteiger partial charge >= 0.3 is 0 Å². The SMILES string of the molecule is CN1CCCN=C1NCc1cccs1. The van der Waals surface area contributed by atoms with Gasteiger partial charge in [-0.15, -0.1) is 11.3 Å². The van der Waals surface area contributed by atoms with Crippen molar-refractivity contribution in [1.29, 1.82) is 0 Å². The zero-order valence-electron chi connectivity index (χ0n) is 8.36. The summed E-state index contributed by atoms with van der Waals surface area (Å²) in [7, 11) is 2.08. The van der Waals surface area contributed by atoms with Gasteiger partial charge in [0, 0.05) is 25.0 Å². The third-order valence-electron chi connectivity index (χ3n) is 2.28. The quantitative estimate of drug-likeness (QED) is 0.800. The van der Waals surface area contributed by atoms with E-state index in [1.807, 2.05) is 0 Å². The molecular weight excluding hydrogens is 194 g/mol. The average Bonchev–Trinajstić information content (AvgIpc) is 2.69. The van der Waals surface area contributed by atoms with Crippen LogP contribution in [0.5, 0.6) is 0 Å². The number of thiophene rings is 1. The molecule has 1 aromatic heterocycles. The van der Waals surface area contributed by atoms with Crippen LogP contribution in [0.15, 0.2) is 22.5 Å². The average molecular weight is 209 g/mol. The molecule has 3 nitrogen and oxygen atoms in total. The number of rotatable bonds is 2. The summed E-state index contributed by atoms with van der Waals surface area (Å²) in [6, 6.07) is 4.22. The molecule has 14 heavy (non-hydrogen) atoms. The van der Waals surface area contributed by atoms with Gasteiger partial charge in [-0.1, -0.05) is 6.07 Å². The van der Waals surface area contributed by atoms with E-state index >= 15 is 0 Å². The highest BCUT2D eigenvalue weighted by molar-refractivity contribution is 7.09. The summed E-state index contributed by atoms with van der Waals surface area (Å²) in [5, 5.41) is 5.46. The summed E-state index contributed by atoms with van der Waals surface area (Å²) in [6.45, 7) is 2.95. The first-order chi connectivity index (χ1) is 6.86. The van der Waals surface area contributed by atoms with Crippen molar-refractivity contribution in [3.63, 3.8) is 0 Å². The fraction of sp³-hybridized carbons (Fsp3) is 0.500. The molecule has 0 saturated heterocycles. The maximum Gasteiger partial charge on any atom is 0.193 e. The number of guanidine groups is 1. The predicted octanol–water partition coefficient (Wildman–Crippen LogP) is 1.53. The molecule has 1 N–H and O–H groups in total. The third-order valence-corrected chi connectivity index (χ3v) is 3.15. The number of hydrogen-bond acceptors (Lipinski definition) is 4. The molecule has 76 valence electrons. The minimum Gasteiger partial charge on any atom is -0.351 e. The standard InChI is InChI=1S/C10H15N3S/c1-13-6-3-5-11-10(13)12-8-9-4-2-7-14-9/h2,4,7H,3,5-6,8H2,1H3,(H,11,12). The lowest BCUT2D eigenvalue weighted by atomic mass is 10.3. The topological polar surface area (TPSA) is 27.6 Å². The minimum atomic E-state index is 0.890. The molecule has 0 spiro atoms. The van der Waals surface area contributed by atoms with Crippen LogP contribution in [0, 0.1) is 0 Å². The second kappa shape index (κ2) is 4.46. The molecule has 2 heterocycles. The highest BCUT2D eigenvalue weighted by atomic mass is 32.1. The molecule has 0 unspecified atom stereocenters. The molecule has 1 aliphatic heterocycles. The normalized spacial score (nSPS) is 16.6. The second-order valence-corrected chi connectivity index (χ2v) is 4.45. The summed E-state index contributed by atoms with van der Waals surface area (Å²) in [4.78, 5) is 7.98. The van der Waals surface area contributed by atoms with E-state index in [0.717, 1.165) is 25.6 Å². The molecule has 0 fully saturated rings. The Morgan fingerprint density at radius 3 is 3.29 bits per heavy atom. The smallest absolute Gasteiger partial charge is 0.193 e. The van der Waals surface area contributed by atoms with Gasteiger partial charge < -0.3 is 10.2 Å². The van der Waals surface area contributed by atoms with E-state index in [9.17, 15) is 0 Å². The number of aliphatic imine (C=N–C) groups is 1. The summed E-state index contributed by atoms with van der Waals surface area (Å²) in [5.74, 6) is 1.03. The largest absolute Gasteiger partial charge is 0.351 e. The van der Waals surface area contributed by atoms with Gasteiger partial charge in [0.15, 0.2) is 5.96 Å². The molecular formula is C10H15N3S. The Hall–Kier alpha value is -1.03. The highest BCUT2D eigenvalue weighted by Gasteiger charge is 2.09. The van der Waals surface area contributed by atoms with Gasteiger partial charge in [0.2, 0.25) is 0 Å². The first-order valence-electron chi connectivity index (χ1n) is 4.88. The Kier molecular flexibility index (Phi) is 3.03. The molecule has 0 aliphatic carbocycles. The lowest BCUT2D eigenvalue weighted by molar-refractivity contribution is 0.446. The van der Waals surface area contributed by atoms with E-state index in [0.29, 0.717) is 0 Å². The Balaban J connectivity index is 1.88. The zero-order chi connectivity index (χ0) is 9.80. The van der Waals surface area contributed by atoms with Crippen LogP contribution in [0.25, 0.3) is 0 Å². The lowest BCUT2D eigenvalue weighted by Gasteiger charge is -2.25. The van der Waals surface area contributed by atoms with Crippen LogP contribution < -0.4 is 5.32 Å². The van der Waals surface area contributed by atoms with Crippen molar-refractivity contribution in [2.75, 3.05) is 20.1 Å². The van der Waals surface area contributed by atoms with E-state index in [1.165, 1.54) is 11.3 Å². The summed E-state index contributed by atoms with van der Waals surface area (Å²) in [6.07, 6.45) is 1.17. The van der Waals surface area contributed by atoms with E-state index in [-0.39, 0.29) is 0 Å². The van der Waals surface area contributed by atoms with Gasteiger partial charge in [-0.3, -0.25) is 4.99 Å². The van der Waals surface area contributed by atoms with Gasteiger partial charge in [-0.05, 0) is 17.9 Å². The first kappa shape index (κ1) is 9.52. The zero-order valence-corrected chi connectivity index (χ0v) is 9.18. The number of nitrogens with one attached hydrogen (secondary N) is 1. The van der Waals surface area contributed by atoms with Crippen LogP contribution in [-0.2, 0) is 6.54 Å². The Labute approximate surface area is 88.5 Å². The Morgan fingerprint density at radius 1 is 1.64 bits per heavy atom. The van der Waals surface area contributed by atoms with E-state index in [1.54, 1.807) is 11.3 Å². The summed E-state index contributed by atoms with van der Waals surface area (Å²) >= 11 is 1.78. The Bertz CT molecular complexity index is 305. The molecule has 2 rings (SSSR count). The highest BCUT2D eigenvalue weighted by Crippen LogP contribution is 2.08. The molecule has 0 atom stereocenters. The fourth-order valence-electron chi connectivity index (χ4n) is 1.49. The molecule has 1 aromatic rings. The van der Waals surface area contributed by atoms with Crippen LogP contribution in [0.2, 0.25) is 0 Å². The number of hydrogen-bond donors (Lipinski definition) is 1. The summed E-state index contributed by atoms with van der Waals surface area (Å²) < 4.78 is 0. The van der Waals surface area contributed by atoms with Crippen molar-refractivity contribution in [3.05, 3.63) is 22.4 Å². The predicted molar refractivity (Wildman–Crippen MR) is 60.7 cm³/mol. The number of nitrogens with zero attached hydrogens (tertiary/aromatic N) is 2. The van der Waals surface area contributed by atoms with Gasteiger partial charge in [-0.25, -0.2) is 0 Å². The van der Waals surface area contributed by atoms with Crippen LogP contribution >= 0.6 is 11.3 Å². The molecule has 4 heteroatoms.